The van der Waals surface area contributed by atoms with Crippen LogP contribution >= 0.6 is 23.5 Å². The molecule has 0 aliphatic rings. The lowest BCUT2D eigenvalue weighted by Gasteiger charge is -2.02. The van der Waals surface area contributed by atoms with Crippen LogP contribution in [-0.4, -0.2) is 10.2 Å². The smallest absolute Gasteiger partial charge is 0.211 e. The Balaban J connectivity index is 2.47. The van der Waals surface area contributed by atoms with Gasteiger partial charge in [-0.2, -0.15) is 0 Å². The van der Waals surface area contributed by atoms with E-state index >= 15 is 0 Å². The first-order valence-corrected chi connectivity index (χ1v) is 7.29. The summed E-state index contributed by atoms with van der Waals surface area (Å²) in [6.07, 6.45) is 2.63. The Morgan fingerprint density at radius 2 is 1.22 bits per heavy atom. The molecule has 1 rings (SSSR count). The fourth-order valence-corrected chi connectivity index (χ4v) is 2.40. The highest BCUT2D eigenvalue weighted by atomic mass is 32.2. The molecule has 1 aromatic carbocycles. The molecular weight excluding hydrogens is 264 g/mol. The Morgan fingerprint density at radius 1 is 0.889 bits per heavy atom. The Hall–Kier alpha value is -1.26. The summed E-state index contributed by atoms with van der Waals surface area (Å²) in [7, 11) is 0. The number of hydrogen-bond donors (Lipinski definition) is 0. The lowest BCUT2D eigenvalue weighted by molar-refractivity contribution is -0.107. The minimum Gasteiger partial charge on any atom is -0.282 e. The highest BCUT2D eigenvalue weighted by Gasteiger charge is 2.01. The molecule has 0 N–H and O–H groups in total. The number of benzene rings is 1. The van der Waals surface area contributed by atoms with Gasteiger partial charge in [0.1, 0.15) is 0 Å². The summed E-state index contributed by atoms with van der Waals surface area (Å²) in [4.78, 5) is 22.1. The van der Waals surface area contributed by atoms with Crippen LogP contribution in [0.3, 0.4) is 0 Å². The summed E-state index contributed by atoms with van der Waals surface area (Å²) in [5, 5.41) is -0.0441. The Labute approximate surface area is 116 Å². The summed E-state index contributed by atoms with van der Waals surface area (Å²) < 4.78 is 0. The van der Waals surface area contributed by atoms with Gasteiger partial charge < -0.3 is 0 Å². The van der Waals surface area contributed by atoms with E-state index in [0.29, 0.717) is 11.5 Å². The molecule has 0 fully saturated rings. The Bertz CT molecular complexity index is 406. The van der Waals surface area contributed by atoms with Crippen LogP contribution < -0.4 is 0 Å². The third-order valence-electron chi connectivity index (χ3n) is 2.12. The van der Waals surface area contributed by atoms with Crippen LogP contribution in [-0.2, 0) is 21.1 Å². The topological polar surface area (TPSA) is 34.1 Å². The Kier molecular flexibility index (Phi) is 6.54. The quantitative estimate of drug-likeness (QED) is 0.745. The molecule has 0 aliphatic heterocycles. The highest BCUT2D eigenvalue weighted by Crippen LogP contribution is 2.17. The van der Waals surface area contributed by atoms with Gasteiger partial charge in [-0.25, -0.2) is 0 Å². The van der Waals surface area contributed by atoms with Gasteiger partial charge >= 0.3 is 0 Å². The average molecular weight is 278 g/mol. The summed E-state index contributed by atoms with van der Waals surface area (Å²) in [6.45, 7) is 6.85. The van der Waals surface area contributed by atoms with Gasteiger partial charge in [-0.05, 0) is 23.3 Å². The minimum atomic E-state index is -0.0220. The molecule has 0 bridgehead atoms. The van der Waals surface area contributed by atoms with Gasteiger partial charge in [0.2, 0.25) is 10.2 Å². The maximum Gasteiger partial charge on any atom is 0.211 e. The van der Waals surface area contributed by atoms with Crippen LogP contribution in [0.5, 0.6) is 0 Å². The maximum absolute atomic E-state index is 11.1. The monoisotopic (exact) mass is 278 g/mol. The van der Waals surface area contributed by atoms with Gasteiger partial charge in [0.15, 0.2) is 0 Å². The van der Waals surface area contributed by atoms with Crippen molar-refractivity contribution in [2.75, 3.05) is 0 Å². The van der Waals surface area contributed by atoms with Crippen LogP contribution in [0, 0.1) is 0 Å². The average Bonchev–Trinajstić information content (AvgIpc) is 2.43. The van der Waals surface area contributed by atoms with E-state index in [9.17, 15) is 9.59 Å². The zero-order valence-electron chi connectivity index (χ0n) is 9.93. The number of carbonyl (C=O) groups excluding carboxylic acids is 2. The van der Waals surface area contributed by atoms with Gasteiger partial charge in [-0.1, -0.05) is 60.9 Å². The molecule has 2 nitrogen and oxygen atoms in total. The van der Waals surface area contributed by atoms with E-state index in [4.69, 9.17) is 0 Å². The van der Waals surface area contributed by atoms with Gasteiger partial charge in [0.05, 0.1) is 0 Å². The van der Waals surface area contributed by atoms with E-state index in [2.05, 4.69) is 13.2 Å². The summed E-state index contributed by atoms with van der Waals surface area (Å²) in [5.41, 5.74) is 2.16. The molecule has 0 radical (unpaired) electrons. The zero-order valence-corrected chi connectivity index (χ0v) is 11.6. The van der Waals surface area contributed by atoms with Crippen molar-refractivity contribution in [1.82, 2.24) is 0 Å². The minimum absolute atomic E-state index is 0.0220. The van der Waals surface area contributed by atoms with Crippen LogP contribution in [0.1, 0.15) is 11.1 Å². The normalized spacial score (nSPS) is 9.78. The zero-order chi connectivity index (χ0) is 13.4. The summed E-state index contributed by atoms with van der Waals surface area (Å²) in [5.74, 6) is 1.29. The second-order valence-electron chi connectivity index (χ2n) is 3.44. The number of hydrogen-bond acceptors (Lipinski definition) is 4. The highest BCUT2D eigenvalue weighted by molar-refractivity contribution is 8.13. The van der Waals surface area contributed by atoms with Gasteiger partial charge in [-0.15, -0.1) is 0 Å². The second kappa shape index (κ2) is 7.95. The van der Waals surface area contributed by atoms with Crippen LogP contribution in [0.4, 0.5) is 0 Å². The van der Waals surface area contributed by atoms with Crippen molar-refractivity contribution in [3.8, 4) is 0 Å². The number of thioether (sulfide) groups is 2. The predicted octanol–water partition coefficient (Wildman–Crippen LogP) is 3.58. The number of rotatable bonds is 6. The summed E-state index contributed by atoms with van der Waals surface area (Å²) in [6, 6.07) is 7.88. The number of carbonyl (C=O) groups is 2. The first kappa shape index (κ1) is 14.8. The van der Waals surface area contributed by atoms with Gasteiger partial charge in [0, 0.05) is 11.5 Å². The SMILES string of the molecule is C=CC(=O)SCc1ccc(CSC(=O)C=C)cc1. The molecule has 0 unspecified atom stereocenters. The largest absolute Gasteiger partial charge is 0.282 e. The first-order valence-electron chi connectivity index (χ1n) is 5.32. The molecule has 0 saturated heterocycles. The van der Waals surface area contributed by atoms with Crippen LogP contribution in [0.15, 0.2) is 49.6 Å². The van der Waals surface area contributed by atoms with Gasteiger partial charge in [-0.3, -0.25) is 9.59 Å². The van der Waals surface area contributed by atoms with E-state index < -0.39 is 0 Å². The molecule has 0 aliphatic carbocycles. The molecule has 0 spiro atoms. The third-order valence-corrected chi connectivity index (χ3v) is 3.98. The van der Waals surface area contributed by atoms with E-state index in [0.717, 1.165) is 11.1 Å². The molecule has 18 heavy (non-hydrogen) atoms. The maximum atomic E-state index is 11.1. The standard InChI is InChI=1S/C14H14O2S2/c1-3-13(15)17-9-11-5-7-12(8-6-11)10-18-14(16)4-2/h3-8H,1-2,9-10H2. The Morgan fingerprint density at radius 3 is 1.50 bits per heavy atom. The van der Waals surface area contributed by atoms with Crippen LogP contribution in [0.25, 0.3) is 0 Å². The van der Waals surface area contributed by atoms with Crippen molar-refractivity contribution in [3.63, 3.8) is 0 Å². The molecule has 0 saturated carbocycles. The fraction of sp³-hybridized carbons (Fsp3) is 0.143. The molecular formula is C14H14O2S2. The van der Waals surface area contributed by atoms with Crippen LogP contribution in [0.2, 0.25) is 0 Å². The lowest BCUT2D eigenvalue weighted by atomic mass is 10.2. The van der Waals surface area contributed by atoms with Crippen molar-refractivity contribution in [3.05, 3.63) is 60.7 Å². The van der Waals surface area contributed by atoms with E-state index in [-0.39, 0.29) is 10.2 Å². The van der Waals surface area contributed by atoms with Crippen molar-refractivity contribution in [1.29, 1.82) is 0 Å². The van der Waals surface area contributed by atoms with Crippen molar-refractivity contribution in [2.45, 2.75) is 11.5 Å². The molecule has 4 heteroatoms. The fourth-order valence-electron chi connectivity index (χ4n) is 1.16. The second-order valence-corrected chi connectivity index (χ2v) is 5.40. The molecule has 94 valence electrons. The molecule has 1 aromatic rings. The van der Waals surface area contributed by atoms with E-state index in [1.54, 1.807) is 0 Å². The van der Waals surface area contributed by atoms with E-state index in [1.807, 2.05) is 24.3 Å². The molecule has 0 atom stereocenters. The predicted molar refractivity (Wildman–Crippen MR) is 79.4 cm³/mol. The van der Waals surface area contributed by atoms with Gasteiger partial charge in [0.25, 0.3) is 0 Å². The van der Waals surface area contributed by atoms with Crippen molar-refractivity contribution < 1.29 is 9.59 Å². The van der Waals surface area contributed by atoms with Crippen molar-refractivity contribution in [2.24, 2.45) is 0 Å². The molecule has 0 aromatic heterocycles. The third kappa shape index (κ3) is 5.38. The first-order chi connectivity index (χ1) is 8.65. The molecule has 0 amide bonds. The van der Waals surface area contributed by atoms with Crippen molar-refractivity contribution >= 4 is 33.8 Å². The van der Waals surface area contributed by atoms with E-state index in [1.165, 1.54) is 35.7 Å². The lowest BCUT2D eigenvalue weighted by Crippen LogP contribution is -1.89. The molecule has 0 heterocycles. The summed E-state index contributed by atoms with van der Waals surface area (Å²) >= 11 is 2.46.